The predicted molar refractivity (Wildman–Crippen MR) is 115 cm³/mol. The van der Waals surface area contributed by atoms with Crippen LogP contribution in [0, 0.1) is 6.92 Å². The average Bonchev–Trinajstić information content (AvgIpc) is 3.22. The molecule has 0 atom stereocenters. The Morgan fingerprint density at radius 3 is 2.70 bits per heavy atom. The minimum absolute atomic E-state index is 0.0255. The van der Waals surface area contributed by atoms with Crippen molar-refractivity contribution in [3.8, 4) is 11.4 Å². The number of benzene rings is 2. The monoisotopic (exact) mass is 402 g/mol. The number of amides is 1. The third kappa shape index (κ3) is 4.00. The molecular weight excluding hydrogens is 380 g/mol. The molecule has 0 fully saturated rings. The number of pyridine rings is 1. The number of fused-ring (bicyclic) bond motifs is 1. The van der Waals surface area contributed by atoms with Gasteiger partial charge in [-0.3, -0.25) is 9.59 Å². The SMILES string of the molecule is CCN(C(=O)CCc1nc(-c2cc3cc(C)ccc3[nH]c2=O)no1)c1ccccc1. The van der Waals surface area contributed by atoms with Crippen LogP contribution in [0.4, 0.5) is 5.69 Å². The highest BCUT2D eigenvalue weighted by molar-refractivity contribution is 5.93. The number of para-hydroxylation sites is 1. The Morgan fingerprint density at radius 1 is 1.13 bits per heavy atom. The molecule has 0 saturated heterocycles. The number of carbonyl (C=O) groups is 1. The summed E-state index contributed by atoms with van der Waals surface area (Å²) in [7, 11) is 0. The molecule has 0 spiro atoms. The van der Waals surface area contributed by atoms with Gasteiger partial charge in [0.1, 0.15) is 0 Å². The molecule has 2 aromatic carbocycles. The number of H-pyrrole nitrogens is 1. The number of nitrogens with one attached hydrogen (secondary N) is 1. The van der Waals surface area contributed by atoms with E-state index in [1.807, 2.05) is 62.4 Å². The number of aromatic nitrogens is 3. The molecule has 4 aromatic rings. The smallest absolute Gasteiger partial charge is 0.259 e. The van der Waals surface area contributed by atoms with Crippen LogP contribution in [-0.2, 0) is 11.2 Å². The highest BCUT2D eigenvalue weighted by Gasteiger charge is 2.17. The fourth-order valence-electron chi connectivity index (χ4n) is 3.42. The Labute approximate surface area is 173 Å². The summed E-state index contributed by atoms with van der Waals surface area (Å²) in [6, 6.07) is 17.1. The predicted octanol–water partition coefficient (Wildman–Crippen LogP) is 3.87. The molecule has 2 aromatic heterocycles. The largest absolute Gasteiger partial charge is 0.339 e. The number of aryl methyl sites for hydroxylation is 2. The Hall–Kier alpha value is -3.74. The first kappa shape index (κ1) is 19.6. The van der Waals surface area contributed by atoms with Gasteiger partial charge in [-0.25, -0.2) is 0 Å². The van der Waals surface area contributed by atoms with Crippen LogP contribution in [0.1, 0.15) is 24.8 Å². The van der Waals surface area contributed by atoms with Gasteiger partial charge in [-0.2, -0.15) is 4.98 Å². The van der Waals surface area contributed by atoms with Crippen molar-refractivity contribution in [1.29, 1.82) is 0 Å². The molecule has 2 heterocycles. The van der Waals surface area contributed by atoms with Crippen LogP contribution in [0.5, 0.6) is 0 Å². The second-order valence-corrected chi connectivity index (χ2v) is 7.09. The zero-order valence-electron chi connectivity index (χ0n) is 16.9. The third-order valence-electron chi connectivity index (χ3n) is 4.95. The average molecular weight is 402 g/mol. The number of anilines is 1. The normalized spacial score (nSPS) is 11.0. The quantitative estimate of drug-likeness (QED) is 0.528. The van der Waals surface area contributed by atoms with Crippen molar-refractivity contribution in [2.24, 2.45) is 0 Å². The van der Waals surface area contributed by atoms with E-state index in [4.69, 9.17) is 4.52 Å². The number of rotatable bonds is 6. The van der Waals surface area contributed by atoms with Gasteiger partial charge >= 0.3 is 0 Å². The number of hydrogen-bond donors (Lipinski definition) is 1. The van der Waals surface area contributed by atoms with Gasteiger partial charge in [0.2, 0.25) is 17.6 Å². The zero-order valence-corrected chi connectivity index (χ0v) is 16.9. The lowest BCUT2D eigenvalue weighted by Gasteiger charge is -2.20. The molecule has 1 N–H and O–H groups in total. The molecule has 7 nitrogen and oxygen atoms in total. The van der Waals surface area contributed by atoms with Gasteiger partial charge in [-0.1, -0.05) is 35.0 Å². The summed E-state index contributed by atoms with van der Waals surface area (Å²) in [4.78, 5) is 34.0. The van der Waals surface area contributed by atoms with Crippen LogP contribution in [0.15, 0.2) is 63.9 Å². The van der Waals surface area contributed by atoms with E-state index < -0.39 is 0 Å². The Balaban J connectivity index is 1.51. The molecule has 0 bridgehead atoms. The van der Waals surface area contributed by atoms with Crippen molar-refractivity contribution in [2.75, 3.05) is 11.4 Å². The summed E-state index contributed by atoms with van der Waals surface area (Å²) < 4.78 is 5.29. The molecule has 7 heteroatoms. The third-order valence-corrected chi connectivity index (χ3v) is 4.95. The molecular formula is C23H22N4O3. The molecule has 0 aliphatic rings. The van der Waals surface area contributed by atoms with E-state index in [1.54, 1.807) is 11.0 Å². The second-order valence-electron chi connectivity index (χ2n) is 7.09. The summed E-state index contributed by atoms with van der Waals surface area (Å²) in [5.74, 6) is 0.520. The zero-order chi connectivity index (χ0) is 21.1. The molecule has 30 heavy (non-hydrogen) atoms. The molecule has 0 radical (unpaired) electrons. The lowest BCUT2D eigenvalue weighted by Crippen LogP contribution is -2.30. The van der Waals surface area contributed by atoms with Crippen molar-refractivity contribution in [1.82, 2.24) is 15.1 Å². The van der Waals surface area contributed by atoms with Crippen LogP contribution in [0.25, 0.3) is 22.3 Å². The molecule has 0 unspecified atom stereocenters. The van der Waals surface area contributed by atoms with E-state index in [1.165, 1.54) is 0 Å². The van der Waals surface area contributed by atoms with Crippen molar-refractivity contribution in [3.05, 3.63) is 76.4 Å². The van der Waals surface area contributed by atoms with Crippen molar-refractivity contribution in [3.63, 3.8) is 0 Å². The summed E-state index contributed by atoms with van der Waals surface area (Å²) in [5.41, 5.74) is 2.76. The lowest BCUT2D eigenvalue weighted by molar-refractivity contribution is -0.118. The first-order valence-electron chi connectivity index (χ1n) is 9.87. The first-order valence-corrected chi connectivity index (χ1v) is 9.87. The second kappa shape index (κ2) is 8.32. The molecule has 0 aliphatic carbocycles. The van der Waals surface area contributed by atoms with Crippen LogP contribution < -0.4 is 10.5 Å². The van der Waals surface area contributed by atoms with Gasteiger partial charge in [-0.05, 0) is 49.6 Å². The van der Waals surface area contributed by atoms with Gasteiger partial charge in [0.15, 0.2) is 0 Å². The van der Waals surface area contributed by atoms with E-state index in [0.29, 0.717) is 24.4 Å². The summed E-state index contributed by atoms with van der Waals surface area (Å²) in [5, 5.41) is 4.84. The van der Waals surface area contributed by atoms with E-state index in [2.05, 4.69) is 15.1 Å². The van der Waals surface area contributed by atoms with E-state index in [9.17, 15) is 9.59 Å². The highest BCUT2D eigenvalue weighted by Crippen LogP contribution is 2.19. The van der Waals surface area contributed by atoms with Crippen molar-refractivity contribution in [2.45, 2.75) is 26.7 Å². The van der Waals surface area contributed by atoms with Gasteiger partial charge < -0.3 is 14.4 Å². The van der Waals surface area contributed by atoms with Crippen molar-refractivity contribution >= 4 is 22.5 Å². The summed E-state index contributed by atoms with van der Waals surface area (Å²) >= 11 is 0. The van der Waals surface area contributed by atoms with Crippen LogP contribution in [0.3, 0.4) is 0 Å². The van der Waals surface area contributed by atoms with E-state index >= 15 is 0 Å². The van der Waals surface area contributed by atoms with Crippen LogP contribution in [-0.4, -0.2) is 27.6 Å². The Kier molecular flexibility index (Phi) is 5.43. The number of nitrogens with zero attached hydrogens (tertiary/aromatic N) is 3. The van der Waals surface area contributed by atoms with Gasteiger partial charge in [0.25, 0.3) is 5.56 Å². The van der Waals surface area contributed by atoms with Crippen LogP contribution in [0.2, 0.25) is 0 Å². The van der Waals surface area contributed by atoms with Crippen LogP contribution >= 0.6 is 0 Å². The van der Waals surface area contributed by atoms with Gasteiger partial charge in [0.05, 0.1) is 5.56 Å². The molecule has 152 valence electrons. The summed E-state index contributed by atoms with van der Waals surface area (Å²) in [6.45, 7) is 4.50. The maximum Gasteiger partial charge on any atom is 0.259 e. The van der Waals surface area contributed by atoms with Gasteiger partial charge in [-0.15, -0.1) is 0 Å². The Bertz CT molecular complexity index is 1240. The van der Waals surface area contributed by atoms with Crippen molar-refractivity contribution < 1.29 is 9.32 Å². The lowest BCUT2D eigenvalue weighted by atomic mass is 10.1. The fourth-order valence-corrected chi connectivity index (χ4v) is 3.42. The maximum absolute atomic E-state index is 12.6. The summed E-state index contributed by atoms with van der Waals surface area (Å²) in [6.07, 6.45) is 0.539. The molecule has 0 saturated carbocycles. The fraction of sp³-hybridized carbons (Fsp3) is 0.217. The molecule has 4 rings (SSSR count). The topological polar surface area (TPSA) is 92.1 Å². The Morgan fingerprint density at radius 2 is 1.93 bits per heavy atom. The van der Waals surface area contributed by atoms with E-state index in [-0.39, 0.29) is 23.7 Å². The minimum Gasteiger partial charge on any atom is -0.339 e. The molecule has 1 amide bonds. The number of carbonyl (C=O) groups excluding carboxylic acids is 1. The maximum atomic E-state index is 12.6. The number of aromatic amines is 1. The number of hydrogen-bond acceptors (Lipinski definition) is 5. The van der Waals surface area contributed by atoms with Gasteiger partial charge in [0, 0.05) is 30.6 Å². The van der Waals surface area contributed by atoms with E-state index in [0.717, 1.165) is 22.2 Å². The first-order chi connectivity index (χ1) is 14.5. The highest BCUT2D eigenvalue weighted by atomic mass is 16.5. The molecule has 0 aliphatic heterocycles. The minimum atomic E-state index is -0.281. The standard InChI is InChI=1S/C23H22N4O3/c1-3-27(17-7-5-4-6-8-17)21(28)12-11-20-25-22(26-30-20)18-14-16-13-15(2)9-10-19(16)24-23(18)29/h4-10,13-14H,3,11-12H2,1-2H3,(H,24,29).